The highest BCUT2D eigenvalue weighted by atomic mass is 35.5. The number of hydrogen-bond donors (Lipinski definition) is 2. The number of amides is 1. The summed E-state index contributed by atoms with van der Waals surface area (Å²) in [5.74, 6) is 1.12. The quantitative estimate of drug-likeness (QED) is 0.801. The summed E-state index contributed by atoms with van der Waals surface area (Å²) in [4.78, 5) is 11.6. The molecule has 0 bridgehead atoms. The monoisotopic (exact) mass is 248 g/mol. The van der Waals surface area contributed by atoms with Crippen LogP contribution < -0.4 is 11.1 Å². The van der Waals surface area contributed by atoms with Crippen LogP contribution >= 0.6 is 12.4 Å². The first-order valence-electron chi connectivity index (χ1n) is 6.13. The maximum atomic E-state index is 11.6. The lowest BCUT2D eigenvalue weighted by molar-refractivity contribution is -0.123. The van der Waals surface area contributed by atoms with Gasteiger partial charge in [-0.05, 0) is 31.2 Å². The lowest BCUT2D eigenvalue weighted by atomic mass is 9.84. The van der Waals surface area contributed by atoms with Gasteiger partial charge in [0.25, 0.3) is 0 Å². The van der Waals surface area contributed by atoms with Crippen LogP contribution in [0.5, 0.6) is 0 Å². The van der Waals surface area contributed by atoms with Crippen molar-refractivity contribution in [3.8, 4) is 0 Å². The van der Waals surface area contributed by atoms with Crippen LogP contribution in [0.25, 0.3) is 0 Å². The van der Waals surface area contributed by atoms with Crippen LogP contribution in [0, 0.1) is 11.8 Å². The fourth-order valence-corrected chi connectivity index (χ4v) is 2.32. The van der Waals surface area contributed by atoms with Gasteiger partial charge in [0.15, 0.2) is 0 Å². The molecule has 2 unspecified atom stereocenters. The van der Waals surface area contributed by atoms with Gasteiger partial charge in [0.1, 0.15) is 0 Å². The summed E-state index contributed by atoms with van der Waals surface area (Å²) >= 11 is 0. The van der Waals surface area contributed by atoms with Gasteiger partial charge in [-0.3, -0.25) is 4.79 Å². The minimum absolute atomic E-state index is 0. The lowest BCUT2D eigenvalue weighted by Crippen LogP contribution is -2.44. The lowest BCUT2D eigenvalue weighted by Gasteiger charge is -2.31. The van der Waals surface area contributed by atoms with E-state index in [2.05, 4.69) is 19.2 Å². The molecule has 1 aliphatic rings. The molecular weight excluding hydrogens is 224 g/mol. The van der Waals surface area contributed by atoms with Crippen molar-refractivity contribution in [1.82, 2.24) is 5.32 Å². The van der Waals surface area contributed by atoms with Crippen molar-refractivity contribution in [3.05, 3.63) is 0 Å². The van der Waals surface area contributed by atoms with Crippen molar-refractivity contribution in [1.29, 1.82) is 0 Å². The predicted octanol–water partition coefficient (Wildman–Crippen LogP) is 2.09. The van der Waals surface area contributed by atoms with E-state index >= 15 is 0 Å². The van der Waals surface area contributed by atoms with E-state index in [4.69, 9.17) is 5.73 Å². The third kappa shape index (κ3) is 5.17. The first kappa shape index (κ1) is 15.7. The van der Waals surface area contributed by atoms with E-state index in [-0.39, 0.29) is 18.3 Å². The normalized spacial score (nSPS) is 25.0. The van der Waals surface area contributed by atoms with Gasteiger partial charge in [0, 0.05) is 12.5 Å². The van der Waals surface area contributed by atoms with Crippen LogP contribution in [0.15, 0.2) is 0 Å². The van der Waals surface area contributed by atoms with Crippen LogP contribution in [-0.4, -0.2) is 18.5 Å². The van der Waals surface area contributed by atoms with Gasteiger partial charge < -0.3 is 11.1 Å². The first-order chi connectivity index (χ1) is 7.13. The smallest absolute Gasteiger partial charge is 0.220 e. The molecular formula is C12H25ClN2O. The third-order valence-corrected chi connectivity index (χ3v) is 3.15. The molecule has 0 radical (unpaired) electrons. The van der Waals surface area contributed by atoms with Gasteiger partial charge in [-0.2, -0.15) is 0 Å². The van der Waals surface area contributed by atoms with E-state index < -0.39 is 0 Å². The maximum Gasteiger partial charge on any atom is 0.220 e. The van der Waals surface area contributed by atoms with E-state index in [0.29, 0.717) is 30.8 Å². The summed E-state index contributed by atoms with van der Waals surface area (Å²) in [5.41, 5.74) is 5.72. The first-order valence-corrected chi connectivity index (χ1v) is 6.13. The number of halogens is 1. The molecule has 1 rings (SSSR count). The van der Waals surface area contributed by atoms with Gasteiger partial charge in [-0.25, -0.2) is 0 Å². The summed E-state index contributed by atoms with van der Waals surface area (Å²) in [6.07, 6.45) is 5.39. The number of carbonyl (C=O) groups excluding carboxylic acids is 1. The predicted molar refractivity (Wildman–Crippen MR) is 69.6 cm³/mol. The molecule has 0 aromatic heterocycles. The summed E-state index contributed by atoms with van der Waals surface area (Å²) in [7, 11) is 0. The number of nitrogens with one attached hydrogen (secondary N) is 1. The molecule has 3 nitrogen and oxygen atoms in total. The van der Waals surface area contributed by atoms with Crippen LogP contribution in [0.1, 0.15) is 46.0 Å². The van der Waals surface area contributed by atoms with Crippen molar-refractivity contribution in [3.63, 3.8) is 0 Å². The average Bonchev–Trinajstić information content (AvgIpc) is 2.17. The van der Waals surface area contributed by atoms with E-state index in [0.717, 1.165) is 6.42 Å². The minimum atomic E-state index is 0. The Hall–Kier alpha value is -0.280. The Kier molecular flexibility index (Phi) is 7.77. The van der Waals surface area contributed by atoms with Crippen molar-refractivity contribution >= 4 is 18.3 Å². The van der Waals surface area contributed by atoms with Crippen molar-refractivity contribution in [2.45, 2.75) is 52.0 Å². The Morgan fingerprint density at radius 1 is 1.38 bits per heavy atom. The molecule has 0 saturated heterocycles. The summed E-state index contributed by atoms with van der Waals surface area (Å²) in [6, 6.07) is 0.329. The molecule has 1 amide bonds. The fourth-order valence-electron chi connectivity index (χ4n) is 2.32. The molecule has 1 fully saturated rings. The highest BCUT2D eigenvalue weighted by Crippen LogP contribution is 2.23. The minimum Gasteiger partial charge on any atom is -0.353 e. The Morgan fingerprint density at radius 3 is 2.56 bits per heavy atom. The number of nitrogens with two attached hydrogens (primary N) is 1. The molecule has 16 heavy (non-hydrogen) atoms. The van der Waals surface area contributed by atoms with Crippen LogP contribution in [0.2, 0.25) is 0 Å². The van der Waals surface area contributed by atoms with E-state index in [1.807, 2.05) is 0 Å². The molecule has 3 N–H and O–H groups in total. The van der Waals surface area contributed by atoms with Gasteiger partial charge in [-0.1, -0.05) is 26.7 Å². The van der Waals surface area contributed by atoms with E-state index in [9.17, 15) is 4.79 Å². The molecule has 2 atom stereocenters. The fraction of sp³-hybridized carbons (Fsp3) is 0.917. The maximum absolute atomic E-state index is 11.6. The molecule has 0 spiro atoms. The molecule has 0 heterocycles. The molecule has 96 valence electrons. The van der Waals surface area contributed by atoms with E-state index in [1.54, 1.807) is 0 Å². The SMILES string of the molecule is CC(C)CC(=O)NC1CCCCC1CN.Cl. The van der Waals surface area contributed by atoms with Crippen LogP contribution in [-0.2, 0) is 4.79 Å². The molecule has 4 heteroatoms. The van der Waals surface area contributed by atoms with Gasteiger partial charge in [-0.15, -0.1) is 12.4 Å². The number of rotatable bonds is 4. The second-order valence-corrected chi connectivity index (χ2v) is 5.05. The van der Waals surface area contributed by atoms with Crippen molar-refractivity contribution < 1.29 is 4.79 Å². The highest BCUT2D eigenvalue weighted by Gasteiger charge is 2.25. The van der Waals surface area contributed by atoms with Crippen LogP contribution in [0.3, 0.4) is 0 Å². The highest BCUT2D eigenvalue weighted by molar-refractivity contribution is 5.85. The van der Waals surface area contributed by atoms with Gasteiger partial charge in [0.05, 0.1) is 0 Å². The second kappa shape index (κ2) is 7.91. The molecule has 0 aliphatic heterocycles. The van der Waals surface area contributed by atoms with Crippen molar-refractivity contribution in [2.24, 2.45) is 17.6 Å². The molecule has 1 aliphatic carbocycles. The Bertz CT molecular complexity index is 209. The standard InChI is InChI=1S/C12H24N2O.ClH/c1-9(2)7-12(15)14-11-6-4-3-5-10(11)8-13;/h9-11H,3-8,13H2,1-2H3,(H,14,15);1H. The summed E-state index contributed by atoms with van der Waals surface area (Å²) in [6.45, 7) is 4.84. The van der Waals surface area contributed by atoms with Gasteiger partial charge in [0.2, 0.25) is 5.91 Å². The Morgan fingerprint density at radius 2 is 2.00 bits per heavy atom. The zero-order valence-electron chi connectivity index (χ0n) is 10.4. The third-order valence-electron chi connectivity index (χ3n) is 3.15. The molecule has 0 aromatic carbocycles. The van der Waals surface area contributed by atoms with E-state index in [1.165, 1.54) is 19.3 Å². The largest absolute Gasteiger partial charge is 0.353 e. The number of hydrogen-bond acceptors (Lipinski definition) is 2. The molecule has 1 saturated carbocycles. The Labute approximate surface area is 105 Å². The Balaban J connectivity index is 0.00000225. The molecule has 0 aromatic rings. The zero-order chi connectivity index (χ0) is 11.3. The summed E-state index contributed by atoms with van der Waals surface area (Å²) < 4.78 is 0. The summed E-state index contributed by atoms with van der Waals surface area (Å²) in [5, 5.41) is 3.13. The van der Waals surface area contributed by atoms with Crippen molar-refractivity contribution in [2.75, 3.05) is 6.54 Å². The van der Waals surface area contributed by atoms with Crippen LogP contribution in [0.4, 0.5) is 0 Å². The van der Waals surface area contributed by atoms with Gasteiger partial charge >= 0.3 is 0 Å². The average molecular weight is 249 g/mol. The zero-order valence-corrected chi connectivity index (χ0v) is 11.2. The topological polar surface area (TPSA) is 55.1 Å². The number of carbonyl (C=O) groups is 1. The second-order valence-electron chi connectivity index (χ2n) is 5.05.